The molecule has 1 amide bonds. The fourth-order valence-corrected chi connectivity index (χ4v) is 3.73. The number of nitrogens with zero attached hydrogens (tertiary/aromatic N) is 4. The molecule has 132 valence electrons. The van der Waals surface area contributed by atoms with E-state index in [9.17, 15) is 4.79 Å². The van der Waals surface area contributed by atoms with Crippen molar-refractivity contribution in [3.8, 4) is 11.3 Å². The van der Waals surface area contributed by atoms with E-state index < -0.39 is 0 Å². The maximum atomic E-state index is 12.8. The molecule has 0 spiro atoms. The molecule has 1 aromatic carbocycles. The highest BCUT2D eigenvalue weighted by Crippen LogP contribution is 2.23. The molecule has 7 heteroatoms. The third kappa shape index (κ3) is 3.25. The minimum atomic E-state index is -0.0831. The summed E-state index contributed by atoms with van der Waals surface area (Å²) in [6, 6.07) is 10.0. The minimum absolute atomic E-state index is 0.0452. The van der Waals surface area contributed by atoms with E-state index in [0.29, 0.717) is 12.2 Å². The van der Waals surface area contributed by atoms with Crippen molar-refractivity contribution in [3.63, 3.8) is 0 Å². The maximum absolute atomic E-state index is 12.8. The zero-order chi connectivity index (χ0) is 17.9. The second-order valence-electron chi connectivity index (χ2n) is 6.10. The van der Waals surface area contributed by atoms with Crippen LogP contribution in [0.2, 0.25) is 0 Å². The van der Waals surface area contributed by atoms with Crippen LogP contribution in [-0.4, -0.2) is 30.9 Å². The molecule has 1 atom stereocenters. The minimum Gasteiger partial charge on any atom is -0.346 e. The summed E-state index contributed by atoms with van der Waals surface area (Å²) in [5.74, 6) is -0.0831. The Balaban J connectivity index is 1.55. The number of hydrogen-bond acceptors (Lipinski definition) is 4. The molecule has 0 unspecified atom stereocenters. The molecular weight excluding hydrogens is 346 g/mol. The van der Waals surface area contributed by atoms with Crippen LogP contribution in [0.5, 0.6) is 0 Å². The van der Waals surface area contributed by atoms with Crippen LogP contribution >= 0.6 is 11.3 Å². The number of aromatic nitrogens is 4. The number of amides is 1. The van der Waals surface area contributed by atoms with Crippen LogP contribution in [-0.2, 0) is 6.54 Å². The van der Waals surface area contributed by atoms with Crippen LogP contribution in [0.25, 0.3) is 16.2 Å². The first-order valence-electron chi connectivity index (χ1n) is 8.53. The quantitative estimate of drug-likeness (QED) is 0.569. The fraction of sp³-hybridized carbons (Fsp3) is 0.211. The van der Waals surface area contributed by atoms with Gasteiger partial charge in [-0.1, -0.05) is 37.3 Å². The van der Waals surface area contributed by atoms with Gasteiger partial charge < -0.3 is 9.88 Å². The van der Waals surface area contributed by atoms with E-state index in [1.807, 2.05) is 57.1 Å². The van der Waals surface area contributed by atoms with E-state index in [-0.39, 0.29) is 11.9 Å². The molecule has 3 aromatic heterocycles. The van der Waals surface area contributed by atoms with Gasteiger partial charge in [0.15, 0.2) is 4.96 Å². The van der Waals surface area contributed by atoms with Gasteiger partial charge in [0.2, 0.25) is 0 Å². The van der Waals surface area contributed by atoms with Gasteiger partial charge in [-0.15, -0.1) is 11.3 Å². The number of hydrogen-bond donors (Lipinski definition) is 1. The van der Waals surface area contributed by atoms with Crippen LogP contribution in [0.1, 0.15) is 23.8 Å². The Morgan fingerprint density at radius 3 is 2.88 bits per heavy atom. The summed E-state index contributed by atoms with van der Waals surface area (Å²) in [6.45, 7) is 2.77. The standard InChI is InChI=1S/C19H19N5OS/c1-2-15(10-23-9-8-20-13-23)21-18(25)17-12-26-19-22-16(11-24(17)19)14-6-4-3-5-7-14/h3-9,11-13,15H,2,10H2,1H3,(H,21,25)/t15-/m1/s1. The van der Waals surface area contributed by atoms with Crippen molar-refractivity contribution in [2.75, 3.05) is 0 Å². The molecule has 6 nitrogen and oxygen atoms in total. The maximum Gasteiger partial charge on any atom is 0.269 e. The second-order valence-corrected chi connectivity index (χ2v) is 6.94. The zero-order valence-corrected chi connectivity index (χ0v) is 15.2. The Morgan fingerprint density at radius 2 is 2.15 bits per heavy atom. The van der Waals surface area contributed by atoms with E-state index in [2.05, 4.69) is 22.2 Å². The molecule has 0 aliphatic heterocycles. The number of carbonyl (C=O) groups is 1. The van der Waals surface area contributed by atoms with Crippen molar-refractivity contribution in [2.24, 2.45) is 0 Å². The first-order chi connectivity index (χ1) is 12.7. The van der Waals surface area contributed by atoms with Gasteiger partial charge in [-0.25, -0.2) is 9.97 Å². The number of imidazole rings is 2. The van der Waals surface area contributed by atoms with Crippen molar-refractivity contribution in [3.05, 3.63) is 66.3 Å². The van der Waals surface area contributed by atoms with Crippen LogP contribution in [0.4, 0.5) is 0 Å². The average Bonchev–Trinajstić information content (AvgIpc) is 3.38. The van der Waals surface area contributed by atoms with Crippen LogP contribution < -0.4 is 5.32 Å². The topological polar surface area (TPSA) is 64.2 Å². The van der Waals surface area contributed by atoms with E-state index >= 15 is 0 Å². The van der Waals surface area contributed by atoms with Gasteiger partial charge in [0.05, 0.1) is 12.0 Å². The van der Waals surface area contributed by atoms with Crippen molar-refractivity contribution in [1.82, 2.24) is 24.3 Å². The number of thiazole rings is 1. The van der Waals surface area contributed by atoms with Crippen molar-refractivity contribution >= 4 is 22.2 Å². The van der Waals surface area contributed by atoms with E-state index in [1.54, 1.807) is 12.5 Å². The predicted octanol–water partition coefficient (Wildman–Crippen LogP) is 3.47. The molecule has 0 fully saturated rings. The number of benzene rings is 1. The first-order valence-corrected chi connectivity index (χ1v) is 9.41. The van der Waals surface area contributed by atoms with E-state index in [1.165, 1.54) is 11.3 Å². The summed E-state index contributed by atoms with van der Waals surface area (Å²) in [4.78, 5) is 22.3. The molecule has 4 aromatic rings. The van der Waals surface area contributed by atoms with Crippen molar-refractivity contribution in [2.45, 2.75) is 25.9 Å². The van der Waals surface area contributed by atoms with Crippen LogP contribution in [0.3, 0.4) is 0 Å². The van der Waals surface area contributed by atoms with E-state index in [0.717, 1.165) is 22.6 Å². The number of carbonyl (C=O) groups excluding carboxylic acids is 1. The predicted molar refractivity (Wildman–Crippen MR) is 102 cm³/mol. The summed E-state index contributed by atoms with van der Waals surface area (Å²) in [6.07, 6.45) is 8.18. The second kappa shape index (κ2) is 7.13. The summed E-state index contributed by atoms with van der Waals surface area (Å²) in [7, 11) is 0. The summed E-state index contributed by atoms with van der Waals surface area (Å²) in [5, 5.41) is 4.98. The van der Waals surface area contributed by atoms with Gasteiger partial charge in [0.1, 0.15) is 5.69 Å². The third-order valence-electron chi connectivity index (χ3n) is 4.33. The molecule has 0 bridgehead atoms. The Kier molecular flexibility index (Phi) is 4.53. The van der Waals surface area contributed by atoms with Gasteiger partial charge in [0.25, 0.3) is 5.91 Å². The highest BCUT2D eigenvalue weighted by Gasteiger charge is 2.18. The smallest absolute Gasteiger partial charge is 0.269 e. The van der Waals surface area contributed by atoms with Gasteiger partial charge in [0, 0.05) is 42.1 Å². The average molecular weight is 365 g/mol. The number of nitrogens with one attached hydrogen (secondary N) is 1. The third-order valence-corrected chi connectivity index (χ3v) is 5.17. The normalized spacial score (nSPS) is 12.3. The number of fused-ring (bicyclic) bond motifs is 1. The summed E-state index contributed by atoms with van der Waals surface area (Å²) >= 11 is 1.47. The molecule has 0 radical (unpaired) electrons. The van der Waals surface area contributed by atoms with Gasteiger partial charge in [-0.2, -0.15) is 0 Å². The Hall–Kier alpha value is -2.93. The monoisotopic (exact) mass is 365 g/mol. The molecule has 0 saturated heterocycles. The number of rotatable bonds is 6. The lowest BCUT2D eigenvalue weighted by atomic mass is 10.2. The van der Waals surface area contributed by atoms with Gasteiger partial charge in [-0.3, -0.25) is 9.20 Å². The Bertz CT molecular complexity index is 1000. The largest absolute Gasteiger partial charge is 0.346 e. The summed E-state index contributed by atoms with van der Waals surface area (Å²) in [5.41, 5.74) is 2.53. The lowest BCUT2D eigenvalue weighted by Crippen LogP contribution is -2.37. The summed E-state index contributed by atoms with van der Waals surface area (Å²) < 4.78 is 3.84. The molecule has 1 N–H and O–H groups in total. The van der Waals surface area contributed by atoms with Crippen molar-refractivity contribution in [1.29, 1.82) is 0 Å². The van der Waals surface area contributed by atoms with Crippen LogP contribution in [0.15, 0.2) is 60.6 Å². The highest BCUT2D eigenvalue weighted by molar-refractivity contribution is 7.15. The molecule has 3 heterocycles. The molecule has 0 aliphatic rings. The Labute approximate surface area is 155 Å². The Morgan fingerprint density at radius 1 is 1.31 bits per heavy atom. The highest BCUT2D eigenvalue weighted by atomic mass is 32.1. The molecular formula is C19H19N5OS. The molecule has 4 rings (SSSR count). The SMILES string of the molecule is CC[C@H](Cn1ccnc1)NC(=O)c1csc2nc(-c3ccccc3)cn12. The lowest BCUT2D eigenvalue weighted by Gasteiger charge is -2.17. The van der Waals surface area contributed by atoms with Gasteiger partial charge in [-0.05, 0) is 6.42 Å². The van der Waals surface area contributed by atoms with E-state index in [4.69, 9.17) is 0 Å². The van der Waals surface area contributed by atoms with Crippen LogP contribution in [0, 0.1) is 0 Å². The molecule has 0 saturated carbocycles. The van der Waals surface area contributed by atoms with Crippen molar-refractivity contribution < 1.29 is 4.79 Å². The first kappa shape index (κ1) is 16.5. The lowest BCUT2D eigenvalue weighted by molar-refractivity contribution is 0.0926. The van der Waals surface area contributed by atoms with Gasteiger partial charge >= 0.3 is 0 Å². The zero-order valence-electron chi connectivity index (χ0n) is 14.4. The molecule has 0 aliphatic carbocycles. The fourth-order valence-electron chi connectivity index (χ4n) is 2.88. The molecule has 26 heavy (non-hydrogen) atoms.